The molecule has 1 atom stereocenters. The van der Waals surface area contributed by atoms with Gasteiger partial charge in [-0.1, -0.05) is 18.2 Å². The van der Waals surface area contributed by atoms with E-state index in [0.717, 1.165) is 0 Å². The Bertz CT molecular complexity index is 478. The molecule has 1 aromatic carbocycles. The maximum absolute atomic E-state index is 11.7. The summed E-state index contributed by atoms with van der Waals surface area (Å²) >= 11 is 0. The molecular weight excluding hydrogens is 234 g/mol. The normalized spacial score (nSPS) is 13.1. The Balaban J connectivity index is 2.72. The highest BCUT2D eigenvalue weighted by Crippen LogP contribution is 2.19. The van der Waals surface area contributed by atoms with Crippen molar-refractivity contribution < 1.29 is 19.4 Å². The van der Waals surface area contributed by atoms with Crippen molar-refractivity contribution >= 4 is 11.9 Å². The van der Waals surface area contributed by atoms with Crippen molar-refractivity contribution in [2.24, 2.45) is 0 Å². The van der Waals surface area contributed by atoms with Gasteiger partial charge in [-0.2, -0.15) is 5.26 Å². The summed E-state index contributed by atoms with van der Waals surface area (Å²) in [5.74, 6) is -1.67. The Morgan fingerprint density at radius 2 is 2.00 bits per heavy atom. The predicted octanol–water partition coefficient (Wildman–Crippen LogP) is 1.99. The van der Waals surface area contributed by atoms with Gasteiger partial charge in [0, 0.05) is 6.42 Å². The van der Waals surface area contributed by atoms with E-state index in [2.05, 4.69) is 0 Å². The number of carbonyl (C=O) groups excluding carboxylic acids is 1. The predicted molar refractivity (Wildman–Crippen MR) is 62.7 cm³/mol. The number of hydrogen-bond donors (Lipinski definition) is 1. The molecule has 5 nitrogen and oxygen atoms in total. The molecule has 0 aliphatic heterocycles. The summed E-state index contributed by atoms with van der Waals surface area (Å²) in [6, 6.07) is 10.1. The SMILES string of the molecule is CC(C#N)(CCC(=O)O)OC(=O)c1ccccc1. The van der Waals surface area contributed by atoms with Gasteiger partial charge in [-0.3, -0.25) is 4.79 Å². The summed E-state index contributed by atoms with van der Waals surface area (Å²) in [5.41, 5.74) is -1.10. The Kier molecular flexibility index (Phi) is 4.44. The molecule has 0 heterocycles. The van der Waals surface area contributed by atoms with Crippen molar-refractivity contribution in [1.29, 1.82) is 5.26 Å². The third-order valence-electron chi connectivity index (χ3n) is 2.38. The van der Waals surface area contributed by atoms with Crippen molar-refractivity contribution in [3.05, 3.63) is 35.9 Å². The average molecular weight is 247 g/mol. The van der Waals surface area contributed by atoms with E-state index in [1.54, 1.807) is 30.3 Å². The van der Waals surface area contributed by atoms with Gasteiger partial charge in [0.2, 0.25) is 0 Å². The number of esters is 1. The van der Waals surface area contributed by atoms with Crippen LogP contribution in [-0.2, 0) is 9.53 Å². The van der Waals surface area contributed by atoms with Crippen molar-refractivity contribution in [3.63, 3.8) is 0 Å². The minimum Gasteiger partial charge on any atom is -0.481 e. The molecule has 0 aromatic heterocycles. The van der Waals surface area contributed by atoms with Crippen LogP contribution in [-0.4, -0.2) is 22.6 Å². The largest absolute Gasteiger partial charge is 0.481 e. The van der Waals surface area contributed by atoms with Crippen LogP contribution in [0.15, 0.2) is 30.3 Å². The highest BCUT2D eigenvalue weighted by molar-refractivity contribution is 5.89. The van der Waals surface area contributed by atoms with Crippen LogP contribution in [0.25, 0.3) is 0 Å². The van der Waals surface area contributed by atoms with Crippen LogP contribution in [0.4, 0.5) is 0 Å². The first-order valence-electron chi connectivity index (χ1n) is 5.38. The number of nitriles is 1. The van der Waals surface area contributed by atoms with Crippen molar-refractivity contribution in [3.8, 4) is 6.07 Å². The molecule has 5 heteroatoms. The molecule has 0 fully saturated rings. The fourth-order valence-electron chi connectivity index (χ4n) is 1.31. The van der Waals surface area contributed by atoms with E-state index in [4.69, 9.17) is 15.1 Å². The number of hydrogen-bond acceptors (Lipinski definition) is 4. The number of ether oxygens (including phenoxy) is 1. The molecule has 1 aromatic rings. The lowest BCUT2D eigenvalue weighted by molar-refractivity contribution is -0.138. The molecule has 0 aliphatic rings. The van der Waals surface area contributed by atoms with Gasteiger partial charge in [-0.15, -0.1) is 0 Å². The number of carbonyl (C=O) groups is 2. The third kappa shape index (κ3) is 3.91. The topological polar surface area (TPSA) is 87.4 Å². The van der Waals surface area contributed by atoms with Crippen LogP contribution in [0.2, 0.25) is 0 Å². The highest BCUT2D eigenvalue weighted by atomic mass is 16.6. The number of carboxylic acids is 1. The Hall–Kier alpha value is -2.35. The van der Waals surface area contributed by atoms with Crippen molar-refractivity contribution in [2.75, 3.05) is 0 Å². The first kappa shape index (κ1) is 13.7. The molecule has 0 saturated heterocycles. The van der Waals surface area contributed by atoms with Gasteiger partial charge in [0.05, 0.1) is 12.0 Å². The lowest BCUT2D eigenvalue weighted by atomic mass is 10.0. The van der Waals surface area contributed by atoms with Crippen LogP contribution in [0.1, 0.15) is 30.1 Å². The number of nitrogens with zero attached hydrogens (tertiary/aromatic N) is 1. The van der Waals surface area contributed by atoms with E-state index in [9.17, 15) is 9.59 Å². The minimum absolute atomic E-state index is 0.0442. The lowest BCUT2D eigenvalue weighted by Gasteiger charge is -2.21. The second kappa shape index (κ2) is 5.82. The second-order valence-electron chi connectivity index (χ2n) is 3.99. The Morgan fingerprint density at radius 3 is 2.50 bits per heavy atom. The summed E-state index contributed by atoms with van der Waals surface area (Å²) in [6.45, 7) is 1.40. The number of benzene rings is 1. The van der Waals surface area contributed by atoms with Crippen LogP contribution >= 0.6 is 0 Å². The summed E-state index contributed by atoms with van der Waals surface area (Å²) in [5, 5.41) is 17.5. The van der Waals surface area contributed by atoms with Gasteiger partial charge in [0.25, 0.3) is 0 Å². The standard InChI is InChI=1S/C13H13NO4/c1-13(9-14,8-7-11(15)16)18-12(17)10-5-3-2-4-6-10/h2-6H,7-8H2,1H3,(H,15,16). The number of rotatable bonds is 5. The third-order valence-corrected chi connectivity index (χ3v) is 2.38. The Morgan fingerprint density at radius 1 is 1.39 bits per heavy atom. The van der Waals surface area contributed by atoms with E-state index >= 15 is 0 Å². The number of carboxylic acid groups (broad SMARTS) is 1. The quantitative estimate of drug-likeness (QED) is 0.804. The minimum atomic E-state index is -1.43. The van der Waals surface area contributed by atoms with Gasteiger partial charge in [0.1, 0.15) is 6.07 Å². The second-order valence-corrected chi connectivity index (χ2v) is 3.99. The molecule has 94 valence electrons. The van der Waals surface area contributed by atoms with Crippen molar-refractivity contribution in [2.45, 2.75) is 25.4 Å². The molecule has 18 heavy (non-hydrogen) atoms. The molecule has 0 radical (unpaired) electrons. The van der Waals surface area contributed by atoms with Crippen LogP contribution in [0.3, 0.4) is 0 Å². The fraction of sp³-hybridized carbons (Fsp3) is 0.308. The molecule has 0 saturated carbocycles. The maximum Gasteiger partial charge on any atom is 0.339 e. The van der Waals surface area contributed by atoms with Gasteiger partial charge in [0.15, 0.2) is 5.60 Å². The van der Waals surface area contributed by atoms with E-state index in [1.807, 2.05) is 6.07 Å². The average Bonchev–Trinajstić information content (AvgIpc) is 2.37. The lowest BCUT2D eigenvalue weighted by Crippen LogP contribution is -2.30. The number of aliphatic carboxylic acids is 1. The Labute approximate surface area is 105 Å². The van der Waals surface area contributed by atoms with E-state index in [-0.39, 0.29) is 12.8 Å². The molecular formula is C13H13NO4. The summed E-state index contributed by atoms with van der Waals surface area (Å²) < 4.78 is 5.06. The van der Waals surface area contributed by atoms with Gasteiger partial charge < -0.3 is 9.84 Å². The molecule has 0 bridgehead atoms. The van der Waals surface area contributed by atoms with Crippen molar-refractivity contribution in [1.82, 2.24) is 0 Å². The maximum atomic E-state index is 11.7. The zero-order valence-corrected chi connectivity index (χ0v) is 9.92. The zero-order chi connectivity index (χ0) is 13.6. The summed E-state index contributed by atoms with van der Waals surface area (Å²) in [6.07, 6.45) is -0.274. The van der Waals surface area contributed by atoms with Crippen LogP contribution in [0.5, 0.6) is 0 Å². The van der Waals surface area contributed by atoms with Gasteiger partial charge in [-0.05, 0) is 19.1 Å². The van der Waals surface area contributed by atoms with Gasteiger partial charge >= 0.3 is 11.9 Å². The molecule has 0 aliphatic carbocycles. The van der Waals surface area contributed by atoms with E-state index in [0.29, 0.717) is 5.56 Å². The van der Waals surface area contributed by atoms with E-state index < -0.39 is 17.5 Å². The van der Waals surface area contributed by atoms with Gasteiger partial charge in [-0.25, -0.2) is 4.79 Å². The smallest absolute Gasteiger partial charge is 0.339 e. The van der Waals surface area contributed by atoms with Crippen LogP contribution in [0, 0.1) is 11.3 Å². The molecule has 1 N–H and O–H groups in total. The summed E-state index contributed by atoms with van der Waals surface area (Å²) in [4.78, 5) is 22.2. The van der Waals surface area contributed by atoms with E-state index in [1.165, 1.54) is 6.92 Å². The monoisotopic (exact) mass is 247 g/mol. The molecule has 1 rings (SSSR count). The fourth-order valence-corrected chi connectivity index (χ4v) is 1.31. The molecule has 1 unspecified atom stereocenters. The van der Waals surface area contributed by atoms with Crippen LogP contribution < -0.4 is 0 Å². The highest BCUT2D eigenvalue weighted by Gasteiger charge is 2.29. The summed E-state index contributed by atoms with van der Waals surface area (Å²) in [7, 11) is 0. The zero-order valence-electron chi connectivity index (χ0n) is 9.92. The molecule has 0 amide bonds. The first-order valence-corrected chi connectivity index (χ1v) is 5.38. The molecule has 0 spiro atoms. The first-order chi connectivity index (χ1) is 8.47.